The fourth-order valence-electron chi connectivity index (χ4n) is 2.41. The van der Waals surface area contributed by atoms with Gasteiger partial charge in [-0.05, 0) is 38.1 Å². The van der Waals surface area contributed by atoms with E-state index in [-0.39, 0.29) is 0 Å². The summed E-state index contributed by atoms with van der Waals surface area (Å²) < 4.78 is 0. The van der Waals surface area contributed by atoms with Gasteiger partial charge >= 0.3 is 0 Å². The summed E-state index contributed by atoms with van der Waals surface area (Å²) in [4.78, 5) is 6.96. The molecule has 3 N–H and O–H groups in total. The number of nitrogens with one attached hydrogen (secondary N) is 1. The molecule has 0 amide bonds. The van der Waals surface area contributed by atoms with Crippen molar-refractivity contribution in [3.8, 4) is 0 Å². The SMILES string of the molecule is CC1CN(C)CCC1Nc1ccc(C(N)=S)nc1. The van der Waals surface area contributed by atoms with Crippen LogP contribution in [0.15, 0.2) is 18.3 Å². The average Bonchev–Trinajstić information content (AvgIpc) is 2.33. The number of nitrogens with zero attached hydrogens (tertiary/aromatic N) is 2. The number of piperidine rings is 1. The van der Waals surface area contributed by atoms with Crippen molar-refractivity contribution in [1.82, 2.24) is 9.88 Å². The highest BCUT2D eigenvalue weighted by Crippen LogP contribution is 2.20. The van der Waals surface area contributed by atoms with E-state index in [9.17, 15) is 0 Å². The molecule has 2 rings (SSSR count). The van der Waals surface area contributed by atoms with Crippen molar-refractivity contribution in [3.63, 3.8) is 0 Å². The summed E-state index contributed by atoms with van der Waals surface area (Å²) in [5.41, 5.74) is 7.24. The lowest BCUT2D eigenvalue weighted by Gasteiger charge is -2.35. The predicted octanol–water partition coefficient (Wildman–Crippen LogP) is 1.47. The molecule has 98 valence electrons. The van der Waals surface area contributed by atoms with Crippen LogP contribution in [0.2, 0.25) is 0 Å². The van der Waals surface area contributed by atoms with Crippen molar-refractivity contribution in [2.75, 3.05) is 25.5 Å². The predicted molar refractivity (Wildman–Crippen MR) is 78.8 cm³/mol. The van der Waals surface area contributed by atoms with E-state index in [2.05, 4.69) is 29.2 Å². The quantitative estimate of drug-likeness (QED) is 0.810. The van der Waals surface area contributed by atoms with Gasteiger partial charge in [0, 0.05) is 12.6 Å². The standard InChI is InChI=1S/C13H20N4S/c1-9-8-17(2)6-5-11(9)16-10-3-4-12(13(14)18)15-7-10/h3-4,7,9,11,16H,5-6,8H2,1-2H3,(H2,14,18). The maximum absolute atomic E-state index is 5.53. The first-order chi connectivity index (χ1) is 8.56. The van der Waals surface area contributed by atoms with Crippen LogP contribution in [-0.4, -0.2) is 41.1 Å². The highest BCUT2D eigenvalue weighted by Gasteiger charge is 2.23. The Morgan fingerprint density at radius 3 is 2.89 bits per heavy atom. The molecule has 2 heterocycles. The van der Waals surface area contributed by atoms with Crippen molar-refractivity contribution < 1.29 is 0 Å². The second-order valence-corrected chi connectivity index (χ2v) is 5.52. The van der Waals surface area contributed by atoms with Gasteiger partial charge in [0.25, 0.3) is 0 Å². The van der Waals surface area contributed by atoms with Crippen molar-refractivity contribution in [2.45, 2.75) is 19.4 Å². The molecule has 1 aliphatic rings. The summed E-state index contributed by atoms with van der Waals surface area (Å²) in [5, 5.41) is 3.54. The van der Waals surface area contributed by atoms with Gasteiger partial charge in [0.2, 0.25) is 0 Å². The summed E-state index contributed by atoms with van der Waals surface area (Å²) in [6, 6.07) is 4.37. The van der Waals surface area contributed by atoms with Crippen LogP contribution in [0.5, 0.6) is 0 Å². The van der Waals surface area contributed by atoms with E-state index < -0.39 is 0 Å². The van der Waals surface area contributed by atoms with Crippen molar-refractivity contribution >= 4 is 22.9 Å². The van der Waals surface area contributed by atoms with E-state index in [0.29, 0.717) is 22.6 Å². The Morgan fingerprint density at radius 2 is 2.33 bits per heavy atom. The summed E-state index contributed by atoms with van der Waals surface area (Å²) >= 11 is 4.89. The van der Waals surface area contributed by atoms with Gasteiger partial charge in [-0.15, -0.1) is 0 Å². The summed E-state index contributed by atoms with van der Waals surface area (Å²) in [6.07, 6.45) is 2.97. The van der Waals surface area contributed by atoms with Crippen LogP contribution < -0.4 is 11.1 Å². The number of thiocarbonyl (C=S) groups is 1. The number of likely N-dealkylation sites (tertiary alicyclic amines) is 1. The molecule has 0 saturated carbocycles. The number of hydrogen-bond acceptors (Lipinski definition) is 4. The lowest BCUT2D eigenvalue weighted by Crippen LogP contribution is -2.43. The Labute approximate surface area is 114 Å². The molecule has 2 unspecified atom stereocenters. The van der Waals surface area contributed by atoms with Crippen LogP contribution in [0.4, 0.5) is 5.69 Å². The molecule has 0 aromatic carbocycles. The maximum atomic E-state index is 5.53. The fourth-order valence-corrected chi connectivity index (χ4v) is 2.53. The molecule has 0 bridgehead atoms. The van der Waals surface area contributed by atoms with Crippen LogP contribution in [0.3, 0.4) is 0 Å². The minimum Gasteiger partial charge on any atom is -0.388 e. The Hall–Kier alpha value is -1.20. The zero-order valence-corrected chi connectivity index (χ0v) is 11.7. The molecule has 1 fully saturated rings. The lowest BCUT2D eigenvalue weighted by molar-refractivity contribution is 0.206. The van der Waals surface area contributed by atoms with Crippen molar-refractivity contribution in [2.24, 2.45) is 11.7 Å². The molecule has 1 aromatic rings. The third-order valence-electron chi connectivity index (χ3n) is 3.48. The first-order valence-electron chi connectivity index (χ1n) is 6.27. The molecule has 0 spiro atoms. The van der Waals surface area contributed by atoms with Gasteiger partial charge in [-0.2, -0.15) is 0 Å². The number of anilines is 1. The molecule has 18 heavy (non-hydrogen) atoms. The van der Waals surface area contributed by atoms with Crippen LogP contribution >= 0.6 is 12.2 Å². The van der Waals surface area contributed by atoms with Gasteiger partial charge in [0.15, 0.2) is 0 Å². The third kappa shape index (κ3) is 3.17. The minimum atomic E-state index is 0.342. The zero-order valence-electron chi connectivity index (χ0n) is 10.9. The first kappa shape index (κ1) is 13.2. The van der Waals surface area contributed by atoms with Gasteiger partial charge in [-0.25, -0.2) is 0 Å². The molecule has 0 aliphatic carbocycles. The smallest absolute Gasteiger partial charge is 0.122 e. The molecular weight excluding hydrogens is 244 g/mol. The van der Waals surface area contributed by atoms with Crippen LogP contribution in [-0.2, 0) is 0 Å². The van der Waals surface area contributed by atoms with E-state index in [1.54, 1.807) is 6.20 Å². The maximum Gasteiger partial charge on any atom is 0.122 e. The highest BCUT2D eigenvalue weighted by molar-refractivity contribution is 7.80. The second-order valence-electron chi connectivity index (χ2n) is 5.08. The molecule has 1 aromatic heterocycles. The Bertz CT molecular complexity index is 418. The van der Waals surface area contributed by atoms with E-state index in [4.69, 9.17) is 18.0 Å². The summed E-state index contributed by atoms with van der Waals surface area (Å²) in [7, 11) is 2.17. The van der Waals surface area contributed by atoms with Gasteiger partial charge in [0.05, 0.1) is 17.6 Å². The van der Waals surface area contributed by atoms with Crippen molar-refractivity contribution in [3.05, 3.63) is 24.0 Å². The zero-order chi connectivity index (χ0) is 13.1. The average molecular weight is 264 g/mol. The number of hydrogen-bond donors (Lipinski definition) is 2. The van der Waals surface area contributed by atoms with E-state index in [1.807, 2.05) is 12.1 Å². The van der Waals surface area contributed by atoms with Crippen LogP contribution in [0, 0.1) is 5.92 Å². The van der Waals surface area contributed by atoms with Gasteiger partial charge in [-0.1, -0.05) is 19.1 Å². The Kier molecular flexibility index (Phi) is 4.14. The number of pyridine rings is 1. The number of aromatic nitrogens is 1. The topological polar surface area (TPSA) is 54.2 Å². The largest absolute Gasteiger partial charge is 0.388 e. The van der Waals surface area contributed by atoms with E-state index >= 15 is 0 Å². The summed E-state index contributed by atoms with van der Waals surface area (Å²) in [6.45, 7) is 4.56. The molecule has 2 atom stereocenters. The first-order valence-corrected chi connectivity index (χ1v) is 6.68. The molecule has 0 radical (unpaired) electrons. The highest BCUT2D eigenvalue weighted by atomic mass is 32.1. The Morgan fingerprint density at radius 1 is 1.56 bits per heavy atom. The van der Waals surface area contributed by atoms with Gasteiger partial charge in [0.1, 0.15) is 4.99 Å². The lowest BCUT2D eigenvalue weighted by atomic mass is 9.94. The van der Waals surface area contributed by atoms with Crippen LogP contribution in [0.25, 0.3) is 0 Å². The van der Waals surface area contributed by atoms with Gasteiger partial charge in [-0.3, -0.25) is 4.98 Å². The Balaban J connectivity index is 1.99. The third-order valence-corrected chi connectivity index (χ3v) is 3.69. The fraction of sp³-hybridized carbons (Fsp3) is 0.538. The molecule has 5 heteroatoms. The van der Waals surface area contributed by atoms with Gasteiger partial charge < -0.3 is 16.0 Å². The van der Waals surface area contributed by atoms with Crippen LogP contribution in [0.1, 0.15) is 19.0 Å². The molecule has 4 nitrogen and oxygen atoms in total. The van der Waals surface area contributed by atoms with E-state index in [0.717, 1.165) is 25.2 Å². The number of nitrogens with two attached hydrogens (primary N) is 1. The summed E-state index contributed by atoms with van der Waals surface area (Å²) in [5.74, 6) is 0.638. The molecule has 1 saturated heterocycles. The van der Waals surface area contributed by atoms with Crippen molar-refractivity contribution in [1.29, 1.82) is 0 Å². The normalized spacial score (nSPS) is 24.8. The number of rotatable bonds is 3. The monoisotopic (exact) mass is 264 g/mol. The second kappa shape index (κ2) is 5.63. The van der Waals surface area contributed by atoms with E-state index in [1.165, 1.54) is 0 Å². The minimum absolute atomic E-state index is 0.342. The molecule has 1 aliphatic heterocycles. The molecular formula is C13H20N4S.